The van der Waals surface area contributed by atoms with E-state index in [2.05, 4.69) is 33.0 Å². The van der Waals surface area contributed by atoms with E-state index in [-0.39, 0.29) is 6.09 Å². The summed E-state index contributed by atoms with van der Waals surface area (Å²) < 4.78 is 6.73. The van der Waals surface area contributed by atoms with Crippen LogP contribution in [0.3, 0.4) is 0 Å². The van der Waals surface area contributed by atoms with Gasteiger partial charge in [0.25, 0.3) is 0 Å². The molecule has 0 spiro atoms. The number of fused-ring (bicyclic) bond motifs is 3. The minimum atomic E-state index is -0.441. The smallest absolute Gasteiger partial charge is 0.410 e. The molecule has 0 radical (unpaired) electrons. The summed E-state index contributed by atoms with van der Waals surface area (Å²) in [5.41, 5.74) is 2.36. The van der Waals surface area contributed by atoms with E-state index >= 15 is 0 Å². The summed E-state index contributed by atoms with van der Waals surface area (Å²) in [6.45, 7) is 8.42. The summed E-state index contributed by atoms with van der Waals surface area (Å²) in [7, 11) is 0. The van der Waals surface area contributed by atoms with Crippen molar-refractivity contribution in [2.75, 3.05) is 30.3 Å². The minimum Gasteiger partial charge on any atom is -0.444 e. The van der Waals surface area contributed by atoms with E-state index < -0.39 is 5.60 Å². The van der Waals surface area contributed by atoms with Crippen molar-refractivity contribution in [3.05, 3.63) is 22.2 Å². The van der Waals surface area contributed by atoms with Crippen LogP contribution in [0.4, 0.5) is 10.5 Å². The lowest BCUT2D eigenvalue weighted by atomic mass is 9.89. The largest absolute Gasteiger partial charge is 0.444 e. The van der Waals surface area contributed by atoms with Crippen LogP contribution in [0.1, 0.15) is 38.7 Å². The fourth-order valence-electron chi connectivity index (χ4n) is 4.10. The van der Waals surface area contributed by atoms with E-state index in [1.54, 1.807) is 0 Å². The molecule has 4 nitrogen and oxygen atoms in total. The number of hydrogen-bond donors (Lipinski definition) is 0. The highest BCUT2D eigenvalue weighted by Crippen LogP contribution is 2.52. The van der Waals surface area contributed by atoms with E-state index in [9.17, 15) is 4.79 Å². The number of amides is 1. The number of rotatable bonds is 0. The van der Waals surface area contributed by atoms with Gasteiger partial charge in [-0.05, 0) is 44.9 Å². The summed E-state index contributed by atoms with van der Waals surface area (Å²) >= 11 is 5.61. The number of likely N-dealkylation sites (tertiary alicyclic amines) is 1. The molecule has 0 N–H and O–H groups in total. The van der Waals surface area contributed by atoms with Gasteiger partial charge in [-0.1, -0.05) is 15.9 Å². The van der Waals surface area contributed by atoms with Crippen molar-refractivity contribution in [1.29, 1.82) is 0 Å². The van der Waals surface area contributed by atoms with Crippen molar-refractivity contribution in [2.45, 2.75) is 49.6 Å². The summed E-state index contributed by atoms with van der Waals surface area (Å²) in [5, 5.41) is 0. The molecule has 3 aliphatic heterocycles. The SMILES string of the molecule is CC(C)(C)OC(=O)N1CC[C@H]2[C@@H](C1)c1cc(Br)cc3c1N2CCS3. The minimum absolute atomic E-state index is 0.180. The van der Waals surface area contributed by atoms with Crippen LogP contribution in [0.2, 0.25) is 0 Å². The Bertz CT molecular complexity index is 688. The molecule has 1 fully saturated rings. The summed E-state index contributed by atoms with van der Waals surface area (Å²) in [4.78, 5) is 18.3. The van der Waals surface area contributed by atoms with Gasteiger partial charge in [0.05, 0.1) is 5.69 Å². The lowest BCUT2D eigenvalue weighted by Gasteiger charge is -2.40. The predicted octanol–water partition coefficient (Wildman–Crippen LogP) is 4.47. The molecule has 3 heterocycles. The van der Waals surface area contributed by atoms with E-state index in [0.29, 0.717) is 12.0 Å². The van der Waals surface area contributed by atoms with Gasteiger partial charge in [0.2, 0.25) is 0 Å². The third kappa shape index (κ3) is 2.81. The zero-order valence-corrected chi connectivity index (χ0v) is 16.7. The number of halogens is 1. The van der Waals surface area contributed by atoms with E-state index in [4.69, 9.17) is 4.74 Å². The molecular weight excluding hydrogens is 388 g/mol. The van der Waals surface area contributed by atoms with Crippen LogP contribution in [0.25, 0.3) is 0 Å². The summed E-state index contributed by atoms with van der Waals surface area (Å²) in [6, 6.07) is 5.01. The molecule has 1 saturated heterocycles. The Balaban J connectivity index is 1.62. The highest BCUT2D eigenvalue weighted by atomic mass is 79.9. The Kier molecular flexibility index (Phi) is 4.03. The Morgan fingerprint density at radius 1 is 1.33 bits per heavy atom. The van der Waals surface area contributed by atoms with Gasteiger partial charge in [0.15, 0.2) is 0 Å². The second kappa shape index (κ2) is 5.84. The second-order valence-electron chi connectivity index (χ2n) is 7.77. The van der Waals surface area contributed by atoms with Gasteiger partial charge in [-0.3, -0.25) is 0 Å². The summed E-state index contributed by atoms with van der Waals surface area (Å²) in [6.07, 6.45) is 0.834. The molecule has 24 heavy (non-hydrogen) atoms. The van der Waals surface area contributed by atoms with E-state index in [1.807, 2.05) is 37.4 Å². The first kappa shape index (κ1) is 16.6. The molecule has 3 aliphatic rings. The van der Waals surface area contributed by atoms with Crippen molar-refractivity contribution in [1.82, 2.24) is 4.90 Å². The van der Waals surface area contributed by atoms with Gasteiger partial charge in [-0.25, -0.2) is 4.79 Å². The monoisotopic (exact) mass is 410 g/mol. The number of thioether (sulfide) groups is 1. The molecule has 1 amide bonds. The van der Waals surface area contributed by atoms with Crippen molar-refractivity contribution in [3.8, 4) is 0 Å². The summed E-state index contributed by atoms with van der Waals surface area (Å²) in [5.74, 6) is 1.53. The van der Waals surface area contributed by atoms with Crippen LogP contribution in [-0.2, 0) is 4.74 Å². The van der Waals surface area contributed by atoms with Crippen LogP contribution in [0.15, 0.2) is 21.5 Å². The molecule has 0 aromatic heterocycles. The first-order valence-electron chi connectivity index (χ1n) is 8.54. The first-order valence-corrected chi connectivity index (χ1v) is 10.3. The fourth-order valence-corrected chi connectivity index (χ4v) is 5.82. The molecular formula is C18H23BrN2O2S. The van der Waals surface area contributed by atoms with Crippen molar-refractivity contribution >= 4 is 39.5 Å². The topological polar surface area (TPSA) is 32.8 Å². The normalized spacial score (nSPS) is 25.3. The van der Waals surface area contributed by atoms with Crippen molar-refractivity contribution in [2.24, 2.45) is 0 Å². The third-order valence-electron chi connectivity index (χ3n) is 4.97. The van der Waals surface area contributed by atoms with Crippen molar-refractivity contribution < 1.29 is 9.53 Å². The number of nitrogens with zero attached hydrogens (tertiary/aromatic N) is 2. The Labute approximate surface area is 156 Å². The number of piperidine rings is 1. The fraction of sp³-hybridized carbons (Fsp3) is 0.611. The number of carbonyl (C=O) groups is 1. The van der Waals surface area contributed by atoms with Crippen LogP contribution >= 0.6 is 27.7 Å². The van der Waals surface area contributed by atoms with Gasteiger partial charge in [-0.15, -0.1) is 11.8 Å². The quantitative estimate of drug-likeness (QED) is 0.631. The van der Waals surface area contributed by atoms with E-state index in [0.717, 1.165) is 36.3 Å². The maximum absolute atomic E-state index is 12.5. The predicted molar refractivity (Wildman–Crippen MR) is 101 cm³/mol. The molecule has 4 rings (SSSR count). The molecule has 2 atom stereocenters. The lowest BCUT2D eigenvalue weighted by Crippen LogP contribution is -2.50. The van der Waals surface area contributed by atoms with Gasteiger partial charge < -0.3 is 14.5 Å². The molecule has 0 saturated carbocycles. The Hall–Kier alpha value is -0.880. The molecule has 1 aromatic rings. The van der Waals surface area contributed by atoms with Gasteiger partial charge in [0.1, 0.15) is 5.60 Å². The first-order chi connectivity index (χ1) is 11.3. The van der Waals surface area contributed by atoms with Crippen molar-refractivity contribution in [3.63, 3.8) is 0 Å². The number of benzene rings is 1. The second-order valence-corrected chi connectivity index (χ2v) is 9.82. The highest BCUT2D eigenvalue weighted by Gasteiger charge is 2.45. The van der Waals surface area contributed by atoms with Crippen LogP contribution in [-0.4, -0.2) is 48.0 Å². The number of carbonyl (C=O) groups excluding carboxylic acids is 1. The zero-order valence-electron chi connectivity index (χ0n) is 14.3. The lowest BCUT2D eigenvalue weighted by molar-refractivity contribution is 0.0189. The van der Waals surface area contributed by atoms with Crippen LogP contribution in [0.5, 0.6) is 0 Å². The molecule has 0 bridgehead atoms. The zero-order chi connectivity index (χ0) is 17.1. The van der Waals surface area contributed by atoms with Gasteiger partial charge >= 0.3 is 6.09 Å². The molecule has 6 heteroatoms. The van der Waals surface area contributed by atoms with E-state index in [1.165, 1.54) is 16.1 Å². The average molecular weight is 411 g/mol. The maximum Gasteiger partial charge on any atom is 0.410 e. The number of anilines is 1. The molecule has 0 unspecified atom stereocenters. The average Bonchev–Trinajstić information content (AvgIpc) is 2.81. The number of hydrogen-bond acceptors (Lipinski definition) is 4. The van der Waals surface area contributed by atoms with Crippen LogP contribution in [0, 0.1) is 0 Å². The number of ether oxygens (including phenoxy) is 1. The third-order valence-corrected chi connectivity index (χ3v) is 6.44. The molecule has 0 aliphatic carbocycles. The van der Waals surface area contributed by atoms with Gasteiger partial charge in [0, 0.05) is 46.7 Å². The highest BCUT2D eigenvalue weighted by molar-refractivity contribution is 9.10. The maximum atomic E-state index is 12.5. The Morgan fingerprint density at radius 2 is 2.12 bits per heavy atom. The molecule has 130 valence electrons. The van der Waals surface area contributed by atoms with Crippen LogP contribution < -0.4 is 4.90 Å². The molecule has 1 aromatic carbocycles. The van der Waals surface area contributed by atoms with Gasteiger partial charge in [-0.2, -0.15) is 0 Å². The standard InChI is InChI=1S/C18H23BrN2O2S/c1-18(2,3)23-17(22)20-5-4-14-13(10-20)12-8-11(19)9-15-16(12)21(14)6-7-24-15/h8-9,13-14H,4-7,10H2,1-3H3/t13-,14-/m0/s1. The Morgan fingerprint density at radius 3 is 2.88 bits per heavy atom.